The Balaban J connectivity index is 2.17. The van der Waals surface area contributed by atoms with Gasteiger partial charge in [-0.25, -0.2) is 4.79 Å². The van der Waals surface area contributed by atoms with Gasteiger partial charge in [-0.2, -0.15) is 0 Å². The summed E-state index contributed by atoms with van der Waals surface area (Å²) < 4.78 is 17.1. The summed E-state index contributed by atoms with van der Waals surface area (Å²) in [4.78, 5) is 50.2. The molecule has 158 valence electrons. The van der Waals surface area contributed by atoms with Gasteiger partial charge < -0.3 is 14.2 Å². The van der Waals surface area contributed by atoms with Gasteiger partial charge in [0.25, 0.3) is 0 Å². The highest BCUT2D eigenvalue weighted by Crippen LogP contribution is 2.55. The van der Waals surface area contributed by atoms with E-state index in [1.807, 2.05) is 13.8 Å². The lowest BCUT2D eigenvalue weighted by Crippen LogP contribution is -2.55. The van der Waals surface area contributed by atoms with E-state index in [1.54, 1.807) is 19.9 Å². The molecule has 1 saturated heterocycles. The van der Waals surface area contributed by atoms with Crippen LogP contribution < -0.4 is 0 Å². The Morgan fingerprint density at radius 3 is 2.55 bits per heavy atom. The smallest absolute Gasteiger partial charge is 0.334 e. The van der Waals surface area contributed by atoms with Gasteiger partial charge in [0.2, 0.25) is 0 Å². The zero-order chi connectivity index (χ0) is 21.7. The average molecular weight is 404 g/mol. The number of hydrogen-bond donors (Lipinski definition) is 0. The van der Waals surface area contributed by atoms with Gasteiger partial charge >= 0.3 is 17.9 Å². The minimum atomic E-state index is -1.11. The molecule has 2 fully saturated rings. The van der Waals surface area contributed by atoms with Gasteiger partial charge in [0.15, 0.2) is 5.78 Å². The fraction of sp³-hybridized carbons (Fsp3) is 0.636. The zero-order valence-electron chi connectivity index (χ0n) is 17.5. The summed E-state index contributed by atoms with van der Waals surface area (Å²) in [5.74, 6) is -3.75. The van der Waals surface area contributed by atoms with Crippen LogP contribution in [0, 0.1) is 29.1 Å². The quantitative estimate of drug-likeness (QED) is 0.403. The standard InChI is InChI=1S/C22H28O7/c1-7-10(2)20(25)29-19-16-12(4)21(26)28-17(18(16)27-13(5)23)11(3)14-8-9-15(24)22(14,19)6/h8-11,14,16-19H,4,7H2,1-3,5-6H3/t10?,11-,14-,16?,17?,18?,19?,22-/m0/s1. The van der Waals surface area contributed by atoms with Crippen LogP contribution in [0.3, 0.4) is 0 Å². The van der Waals surface area contributed by atoms with Crippen molar-refractivity contribution in [2.45, 2.75) is 59.4 Å². The average Bonchev–Trinajstić information content (AvgIpc) is 2.94. The fourth-order valence-electron chi connectivity index (χ4n) is 4.87. The molecule has 0 N–H and O–H groups in total. The lowest BCUT2D eigenvalue weighted by molar-refractivity contribution is -0.189. The highest BCUT2D eigenvalue weighted by atomic mass is 16.6. The molecule has 3 aliphatic rings. The van der Waals surface area contributed by atoms with Crippen LogP contribution in [-0.2, 0) is 33.4 Å². The van der Waals surface area contributed by atoms with E-state index in [2.05, 4.69) is 6.58 Å². The number of fused-ring (bicyclic) bond motifs is 3. The minimum Gasteiger partial charge on any atom is -0.460 e. The third-order valence-corrected chi connectivity index (χ3v) is 6.83. The molecule has 0 spiro atoms. The highest BCUT2D eigenvalue weighted by molar-refractivity contribution is 5.99. The Bertz CT molecular complexity index is 797. The van der Waals surface area contributed by atoms with Gasteiger partial charge in [-0.05, 0) is 25.3 Å². The Labute approximate surface area is 170 Å². The second-order valence-corrected chi connectivity index (χ2v) is 8.55. The molecule has 3 rings (SSSR count). The lowest BCUT2D eigenvalue weighted by atomic mass is 9.67. The Kier molecular flexibility index (Phi) is 5.45. The van der Waals surface area contributed by atoms with Crippen molar-refractivity contribution >= 4 is 23.7 Å². The maximum Gasteiger partial charge on any atom is 0.334 e. The monoisotopic (exact) mass is 404 g/mol. The van der Waals surface area contributed by atoms with Crippen LogP contribution >= 0.6 is 0 Å². The molecular weight excluding hydrogens is 376 g/mol. The summed E-state index contributed by atoms with van der Waals surface area (Å²) >= 11 is 0. The van der Waals surface area contributed by atoms with Crippen molar-refractivity contribution in [1.82, 2.24) is 0 Å². The topological polar surface area (TPSA) is 96.0 Å². The largest absolute Gasteiger partial charge is 0.460 e. The molecule has 2 bridgehead atoms. The number of esters is 3. The van der Waals surface area contributed by atoms with Crippen molar-refractivity contribution in [2.24, 2.45) is 29.1 Å². The van der Waals surface area contributed by atoms with Crippen molar-refractivity contribution in [1.29, 1.82) is 0 Å². The summed E-state index contributed by atoms with van der Waals surface area (Å²) in [7, 11) is 0. The molecule has 0 aromatic heterocycles. The van der Waals surface area contributed by atoms with E-state index in [4.69, 9.17) is 14.2 Å². The molecule has 29 heavy (non-hydrogen) atoms. The predicted octanol–water partition coefficient (Wildman–Crippen LogP) is 2.38. The van der Waals surface area contributed by atoms with Crippen LogP contribution in [0.4, 0.5) is 0 Å². The van der Waals surface area contributed by atoms with Crippen LogP contribution in [0.25, 0.3) is 0 Å². The number of allylic oxidation sites excluding steroid dienone is 2. The van der Waals surface area contributed by atoms with Crippen molar-refractivity contribution < 1.29 is 33.4 Å². The van der Waals surface area contributed by atoms with Crippen molar-refractivity contribution in [2.75, 3.05) is 0 Å². The van der Waals surface area contributed by atoms with Crippen LogP contribution in [0.5, 0.6) is 0 Å². The third kappa shape index (κ3) is 3.20. The first kappa shape index (κ1) is 21.3. The van der Waals surface area contributed by atoms with E-state index in [1.165, 1.54) is 13.0 Å². The van der Waals surface area contributed by atoms with Gasteiger partial charge in [-0.3, -0.25) is 14.4 Å². The number of carbonyl (C=O) groups excluding carboxylic acids is 4. The van der Waals surface area contributed by atoms with Gasteiger partial charge in [0, 0.05) is 18.4 Å². The molecule has 7 nitrogen and oxygen atoms in total. The molecule has 0 aromatic rings. The van der Waals surface area contributed by atoms with E-state index in [-0.39, 0.29) is 29.1 Å². The first-order chi connectivity index (χ1) is 13.5. The van der Waals surface area contributed by atoms with Gasteiger partial charge in [-0.1, -0.05) is 33.4 Å². The second-order valence-electron chi connectivity index (χ2n) is 8.55. The Morgan fingerprint density at radius 2 is 1.97 bits per heavy atom. The number of ether oxygens (including phenoxy) is 3. The molecule has 1 heterocycles. The lowest BCUT2D eigenvalue weighted by Gasteiger charge is -2.42. The van der Waals surface area contributed by atoms with Crippen molar-refractivity contribution in [3.63, 3.8) is 0 Å². The van der Waals surface area contributed by atoms with Crippen LogP contribution in [0.15, 0.2) is 24.3 Å². The number of hydrogen-bond acceptors (Lipinski definition) is 7. The number of carbonyl (C=O) groups is 4. The van der Waals surface area contributed by atoms with E-state index in [9.17, 15) is 19.2 Å². The van der Waals surface area contributed by atoms with Gasteiger partial charge in [0.05, 0.1) is 17.3 Å². The van der Waals surface area contributed by atoms with E-state index in [0.29, 0.717) is 6.42 Å². The molecule has 8 atom stereocenters. The van der Waals surface area contributed by atoms with Crippen molar-refractivity contribution in [3.05, 3.63) is 24.3 Å². The van der Waals surface area contributed by atoms with Crippen LogP contribution in [0.2, 0.25) is 0 Å². The molecule has 2 aliphatic carbocycles. The molecule has 0 aromatic carbocycles. The Hall–Kier alpha value is -2.44. The second kappa shape index (κ2) is 7.43. The summed E-state index contributed by atoms with van der Waals surface area (Å²) in [6, 6.07) is 0. The van der Waals surface area contributed by atoms with Crippen LogP contribution in [0.1, 0.15) is 41.0 Å². The molecular formula is C22H28O7. The maximum atomic E-state index is 13.0. The minimum absolute atomic E-state index is 0.0447. The van der Waals surface area contributed by atoms with Crippen LogP contribution in [-0.4, -0.2) is 42.0 Å². The normalized spacial score (nSPS) is 39.3. The van der Waals surface area contributed by atoms with Gasteiger partial charge in [-0.15, -0.1) is 0 Å². The van der Waals surface area contributed by atoms with E-state index in [0.717, 1.165) is 0 Å². The van der Waals surface area contributed by atoms with Crippen molar-refractivity contribution in [3.8, 4) is 0 Å². The molecule has 7 heteroatoms. The van der Waals surface area contributed by atoms with Gasteiger partial charge in [0.1, 0.15) is 18.3 Å². The SMILES string of the molecule is C=C1C(=O)OC2C(OC(C)=O)C1C(OC(=O)C(C)CC)[C@]1(C)C(=O)C=C[C@H]1[C@@H]2C. The molecule has 0 radical (unpaired) electrons. The first-order valence-corrected chi connectivity index (χ1v) is 10.0. The van der Waals surface area contributed by atoms with E-state index < -0.39 is 47.6 Å². The number of rotatable bonds is 4. The summed E-state index contributed by atoms with van der Waals surface area (Å²) in [6.45, 7) is 12.3. The Morgan fingerprint density at radius 1 is 1.31 bits per heavy atom. The third-order valence-electron chi connectivity index (χ3n) is 6.83. The molecule has 1 saturated carbocycles. The summed E-state index contributed by atoms with van der Waals surface area (Å²) in [6.07, 6.45) is 1.18. The van der Waals surface area contributed by atoms with E-state index >= 15 is 0 Å². The summed E-state index contributed by atoms with van der Waals surface area (Å²) in [5.41, 5.74) is -1.07. The predicted molar refractivity (Wildman–Crippen MR) is 102 cm³/mol. The molecule has 0 amide bonds. The maximum absolute atomic E-state index is 13.0. The molecule has 5 unspecified atom stereocenters. The summed E-state index contributed by atoms with van der Waals surface area (Å²) in [5, 5.41) is 0. The highest BCUT2D eigenvalue weighted by Gasteiger charge is 2.65. The fourth-order valence-corrected chi connectivity index (χ4v) is 4.87. The number of ketones is 1. The first-order valence-electron chi connectivity index (χ1n) is 10.0. The molecule has 1 aliphatic heterocycles. The zero-order valence-corrected chi connectivity index (χ0v) is 17.5.